The zero-order valence-electron chi connectivity index (χ0n) is 17.5. The quantitative estimate of drug-likeness (QED) is 0.494. The fourth-order valence-electron chi connectivity index (χ4n) is 3.87. The summed E-state index contributed by atoms with van der Waals surface area (Å²) in [4.78, 5) is 41.8. The first-order valence-electron chi connectivity index (χ1n) is 10.6. The van der Waals surface area contributed by atoms with Gasteiger partial charge >= 0.3 is 0 Å². The van der Waals surface area contributed by atoms with Gasteiger partial charge in [0.15, 0.2) is 0 Å². The number of furan rings is 1. The molecule has 3 aromatic heterocycles. The molecule has 1 unspecified atom stereocenters. The van der Waals surface area contributed by atoms with Crippen LogP contribution in [0.5, 0.6) is 0 Å². The van der Waals surface area contributed by atoms with Crippen molar-refractivity contribution < 1.29 is 18.8 Å². The van der Waals surface area contributed by atoms with Gasteiger partial charge in [-0.15, -0.1) is 22.7 Å². The highest BCUT2D eigenvalue weighted by Crippen LogP contribution is 2.29. The van der Waals surface area contributed by atoms with Crippen LogP contribution in [0.1, 0.15) is 52.0 Å². The SMILES string of the molecule is O=C(NCC(=O)N(Cc1ccco1)C(C(=O)NC1CCCC1)c1cccs1)c1cccs1. The van der Waals surface area contributed by atoms with Crippen molar-refractivity contribution in [2.75, 3.05) is 6.54 Å². The molecule has 1 fully saturated rings. The Bertz CT molecular complexity index is 1010. The smallest absolute Gasteiger partial charge is 0.261 e. The van der Waals surface area contributed by atoms with Gasteiger partial charge < -0.3 is 20.0 Å². The molecule has 1 atom stereocenters. The zero-order valence-corrected chi connectivity index (χ0v) is 19.1. The number of hydrogen-bond acceptors (Lipinski definition) is 6. The van der Waals surface area contributed by atoms with Gasteiger partial charge in [0.1, 0.15) is 11.8 Å². The summed E-state index contributed by atoms with van der Waals surface area (Å²) in [6.45, 7) is -0.0859. The minimum atomic E-state index is -0.799. The van der Waals surface area contributed by atoms with E-state index in [0.29, 0.717) is 10.6 Å². The summed E-state index contributed by atoms with van der Waals surface area (Å²) in [6, 6.07) is 10.1. The van der Waals surface area contributed by atoms with Crippen molar-refractivity contribution in [2.45, 2.75) is 44.3 Å². The summed E-state index contributed by atoms with van der Waals surface area (Å²) in [5, 5.41) is 9.50. The molecule has 0 aromatic carbocycles. The van der Waals surface area contributed by atoms with Gasteiger partial charge in [-0.3, -0.25) is 14.4 Å². The first kappa shape index (κ1) is 22.3. The molecule has 9 heteroatoms. The number of amides is 3. The van der Waals surface area contributed by atoms with E-state index in [0.717, 1.165) is 30.6 Å². The van der Waals surface area contributed by atoms with Crippen LogP contribution in [0.3, 0.4) is 0 Å². The number of hydrogen-bond donors (Lipinski definition) is 2. The van der Waals surface area contributed by atoms with E-state index in [1.165, 1.54) is 33.8 Å². The highest BCUT2D eigenvalue weighted by Gasteiger charge is 2.34. The number of carbonyl (C=O) groups excluding carboxylic acids is 3. The molecule has 1 aliphatic rings. The lowest BCUT2D eigenvalue weighted by molar-refractivity contribution is -0.141. The highest BCUT2D eigenvalue weighted by molar-refractivity contribution is 7.12. The maximum atomic E-state index is 13.4. The van der Waals surface area contributed by atoms with E-state index in [2.05, 4.69) is 10.6 Å². The molecular formula is C23H25N3O4S2. The first-order chi connectivity index (χ1) is 15.6. The van der Waals surface area contributed by atoms with Crippen molar-refractivity contribution in [2.24, 2.45) is 0 Å². The highest BCUT2D eigenvalue weighted by atomic mass is 32.1. The molecule has 0 saturated heterocycles. The van der Waals surface area contributed by atoms with Crippen LogP contribution in [-0.4, -0.2) is 35.2 Å². The Morgan fingerprint density at radius 1 is 1.06 bits per heavy atom. The lowest BCUT2D eigenvalue weighted by Crippen LogP contribution is -2.48. The van der Waals surface area contributed by atoms with Crippen molar-refractivity contribution in [1.29, 1.82) is 0 Å². The van der Waals surface area contributed by atoms with Gasteiger partial charge in [0.05, 0.1) is 24.2 Å². The lowest BCUT2D eigenvalue weighted by Gasteiger charge is -2.31. The van der Waals surface area contributed by atoms with E-state index >= 15 is 0 Å². The van der Waals surface area contributed by atoms with Crippen molar-refractivity contribution in [1.82, 2.24) is 15.5 Å². The molecule has 168 valence electrons. The summed E-state index contributed by atoms with van der Waals surface area (Å²) in [5.74, 6) is -0.303. The second-order valence-electron chi connectivity index (χ2n) is 7.67. The normalized spacial score (nSPS) is 14.8. The molecule has 3 heterocycles. The van der Waals surface area contributed by atoms with Crippen molar-refractivity contribution >= 4 is 40.4 Å². The topological polar surface area (TPSA) is 91.7 Å². The standard InChI is InChI=1S/C23H25N3O4S2/c27-20(14-24-22(28)19-10-5-13-32-19)26(15-17-8-3-11-30-17)21(18-9-4-12-31-18)23(29)25-16-6-1-2-7-16/h3-5,8-13,16,21H,1-2,6-7,14-15H2,(H,24,28)(H,25,29). The van der Waals surface area contributed by atoms with Crippen LogP contribution < -0.4 is 10.6 Å². The Balaban J connectivity index is 1.55. The van der Waals surface area contributed by atoms with Crippen LogP contribution >= 0.6 is 22.7 Å². The molecule has 0 radical (unpaired) electrons. The summed E-state index contributed by atoms with van der Waals surface area (Å²) in [7, 11) is 0. The molecule has 0 bridgehead atoms. The summed E-state index contributed by atoms with van der Waals surface area (Å²) in [6.07, 6.45) is 5.63. The van der Waals surface area contributed by atoms with Gasteiger partial charge in [-0.2, -0.15) is 0 Å². The number of carbonyl (C=O) groups is 3. The molecule has 0 spiro atoms. The molecule has 4 rings (SSSR count). The maximum absolute atomic E-state index is 13.4. The minimum Gasteiger partial charge on any atom is -0.467 e. The van der Waals surface area contributed by atoms with E-state index in [1.54, 1.807) is 29.6 Å². The van der Waals surface area contributed by atoms with E-state index < -0.39 is 6.04 Å². The van der Waals surface area contributed by atoms with Gasteiger partial charge in [0, 0.05) is 10.9 Å². The molecule has 0 aliphatic heterocycles. The van der Waals surface area contributed by atoms with Crippen LogP contribution in [-0.2, 0) is 16.1 Å². The summed E-state index contributed by atoms with van der Waals surface area (Å²) in [5.41, 5.74) is 0. The predicted molar refractivity (Wildman–Crippen MR) is 123 cm³/mol. The molecular weight excluding hydrogens is 446 g/mol. The Hall–Kier alpha value is -2.91. The fourth-order valence-corrected chi connectivity index (χ4v) is 5.34. The second-order valence-corrected chi connectivity index (χ2v) is 9.60. The van der Waals surface area contributed by atoms with Crippen LogP contribution in [0.25, 0.3) is 0 Å². The zero-order chi connectivity index (χ0) is 22.3. The monoisotopic (exact) mass is 471 g/mol. The van der Waals surface area contributed by atoms with E-state index in [9.17, 15) is 14.4 Å². The van der Waals surface area contributed by atoms with Crippen LogP contribution in [0, 0.1) is 0 Å². The van der Waals surface area contributed by atoms with Gasteiger partial charge in [-0.1, -0.05) is 25.0 Å². The van der Waals surface area contributed by atoms with Gasteiger partial charge in [0.25, 0.3) is 5.91 Å². The Morgan fingerprint density at radius 3 is 2.50 bits per heavy atom. The number of thiophene rings is 2. The van der Waals surface area contributed by atoms with Crippen LogP contribution in [0.4, 0.5) is 0 Å². The lowest BCUT2D eigenvalue weighted by atomic mass is 10.1. The molecule has 32 heavy (non-hydrogen) atoms. The van der Waals surface area contributed by atoms with Gasteiger partial charge in [0.2, 0.25) is 11.8 Å². The van der Waals surface area contributed by atoms with Crippen molar-refractivity contribution in [3.63, 3.8) is 0 Å². The second kappa shape index (κ2) is 10.6. The first-order valence-corrected chi connectivity index (χ1v) is 12.3. The maximum Gasteiger partial charge on any atom is 0.261 e. The molecule has 2 N–H and O–H groups in total. The third kappa shape index (κ3) is 5.46. The van der Waals surface area contributed by atoms with Gasteiger partial charge in [-0.25, -0.2) is 0 Å². The number of rotatable bonds is 9. The van der Waals surface area contributed by atoms with E-state index in [1.807, 2.05) is 17.5 Å². The molecule has 3 amide bonds. The Labute approximate surface area is 194 Å². The summed E-state index contributed by atoms with van der Waals surface area (Å²) < 4.78 is 5.47. The number of nitrogens with zero attached hydrogens (tertiary/aromatic N) is 1. The van der Waals surface area contributed by atoms with E-state index in [4.69, 9.17) is 4.42 Å². The molecule has 3 aromatic rings. The third-order valence-corrected chi connectivity index (χ3v) is 7.24. The Kier molecular flexibility index (Phi) is 7.39. The van der Waals surface area contributed by atoms with Crippen molar-refractivity contribution in [3.8, 4) is 0 Å². The van der Waals surface area contributed by atoms with Crippen LogP contribution in [0.15, 0.2) is 57.8 Å². The molecule has 1 saturated carbocycles. The average molecular weight is 472 g/mol. The van der Waals surface area contributed by atoms with Gasteiger partial charge in [-0.05, 0) is 47.9 Å². The predicted octanol–water partition coefficient (Wildman–Crippen LogP) is 3.96. The molecule has 7 nitrogen and oxygen atoms in total. The van der Waals surface area contributed by atoms with Crippen LogP contribution in [0.2, 0.25) is 0 Å². The minimum absolute atomic E-state index is 0.126. The van der Waals surface area contributed by atoms with E-state index in [-0.39, 0.29) is 36.9 Å². The fraction of sp³-hybridized carbons (Fsp3) is 0.348. The summed E-state index contributed by atoms with van der Waals surface area (Å²) >= 11 is 2.73. The third-order valence-electron chi connectivity index (χ3n) is 5.45. The Morgan fingerprint density at radius 2 is 1.84 bits per heavy atom. The average Bonchev–Trinajstić information content (AvgIpc) is 3.59. The largest absolute Gasteiger partial charge is 0.467 e. The van der Waals surface area contributed by atoms with Crippen molar-refractivity contribution in [3.05, 3.63) is 68.9 Å². The molecule has 1 aliphatic carbocycles. The number of nitrogens with one attached hydrogen (secondary N) is 2.